The van der Waals surface area contributed by atoms with Crippen LogP contribution in [0.25, 0.3) is 21.2 Å². The van der Waals surface area contributed by atoms with Crippen molar-refractivity contribution in [3.05, 3.63) is 88.3 Å². The number of amidine groups is 1. The van der Waals surface area contributed by atoms with Gasteiger partial charge in [0.2, 0.25) is 0 Å². The highest BCUT2D eigenvalue weighted by Gasteiger charge is 2.25. The summed E-state index contributed by atoms with van der Waals surface area (Å²) in [6.07, 6.45) is 1.81. The summed E-state index contributed by atoms with van der Waals surface area (Å²) in [5.41, 5.74) is 19.7. The Balaban J connectivity index is 1.29. The number of fused-ring (bicyclic) bond motifs is 1. The highest BCUT2D eigenvalue weighted by molar-refractivity contribution is 7.91. The van der Waals surface area contributed by atoms with Crippen molar-refractivity contribution < 1.29 is 13.2 Å². The molecule has 0 saturated carbocycles. The van der Waals surface area contributed by atoms with Gasteiger partial charge in [-0.1, -0.05) is 47.5 Å². The van der Waals surface area contributed by atoms with Crippen LogP contribution in [0.5, 0.6) is 5.75 Å². The lowest BCUT2D eigenvalue weighted by atomic mass is 9.89. The fourth-order valence-corrected chi connectivity index (χ4v) is 7.98. The number of rotatable bonds is 9. The molecule has 4 aromatic rings. The van der Waals surface area contributed by atoms with Crippen molar-refractivity contribution >= 4 is 37.1 Å². The van der Waals surface area contributed by atoms with E-state index < -0.39 is 9.84 Å². The second-order valence-electron chi connectivity index (χ2n) is 10.7. The average molecular weight is 599 g/mol. The number of thiophene rings is 1. The van der Waals surface area contributed by atoms with Crippen LogP contribution in [0.2, 0.25) is 0 Å². The van der Waals surface area contributed by atoms with Crippen LogP contribution in [0.1, 0.15) is 60.3 Å². The summed E-state index contributed by atoms with van der Waals surface area (Å²) in [5, 5.41) is 10.0. The second-order valence-corrected chi connectivity index (χ2v) is 13.9. The standard InChI is InChI=1S/C33H34N4O3S2/c1-3-4-26(19-33(34)36-37-35)24-6-9-28(10-7-24)40-20-23-5-12-32-30(18-23)31(21-41-32)29-11-8-27(17-22(29)2)25-13-15-42(38,39)16-14-25/h5-12,17-18,21,25-26H,13-16,19-20H2,1-2H3,(H3,34,35,36)/t26-/m0/s1. The summed E-state index contributed by atoms with van der Waals surface area (Å²) < 4.78 is 31.1. The van der Waals surface area contributed by atoms with Gasteiger partial charge < -0.3 is 10.5 Å². The summed E-state index contributed by atoms with van der Waals surface area (Å²) in [5.74, 6) is 7.86. The minimum atomic E-state index is -2.87. The Morgan fingerprint density at radius 2 is 1.86 bits per heavy atom. The zero-order valence-electron chi connectivity index (χ0n) is 23.8. The number of nitrogens with one attached hydrogen (secondary N) is 1. The number of ether oxygens (including phenoxy) is 1. The maximum absolute atomic E-state index is 11.9. The number of benzene rings is 3. The minimum Gasteiger partial charge on any atom is -0.489 e. The molecule has 1 aliphatic rings. The van der Waals surface area contributed by atoms with Gasteiger partial charge in [-0.2, -0.15) is 5.53 Å². The lowest BCUT2D eigenvalue weighted by Crippen LogP contribution is -2.22. The molecule has 5 rings (SSSR count). The third-order valence-electron chi connectivity index (χ3n) is 7.80. The van der Waals surface area contributed by atoms with E-state index >= 15 is 0 Å². The molecule has 7 nitrogen and oxygen atoms in total. The third kappa shape index (κ3) is 6.89. The third-order valence-corrected chi connectivity index (χ3v) is 10.5. The molecule has 0 bridgehead atoms. The van der Waals surface area contributed by atoms with E-state index in [2.05, 4.69) is 70.9 Å². The van der Waals surface area contributed by atoms with E-state index in [1.807, 2.05) is 24.3 Å². The Labute approximate surface area is 251 Å². The number of nitrogens with two attached hydrogens (primary N) is 1. The fourth-order valence-electron chi connectivity index (χ4n) is 5.54. The second kappa shape index (κ2) is 12.9. The first-order valence-corrected chi connectivity index (χ1v) is 16.6. The van der Waals surface area contributed by atoms with E-state index in [4.69, 9.17) is 16.0 Å². The number of nitrogens with zero attached hydrogens (tertiary/aromatic N) is 2. The predicted octanol–water partition coefficient (Wildman–Crippen LogP) is 7.55. The maximum atomic E-state index is 11.9. The number of hydrogen-bond acceptors (Lipinski definition) is 6. The van der Waals surface area contributed by atoms with Gasteiger partial charge in [0.1, 0.15) is 28.0 Å². The molecule has 1 aliphatic heterocycles. The molecule has 0 aliphatic carbocycles. The lowest BCUT2D eigenvalue weighted by molar-refractivity contribution is 0.306. The monoisotopic (exact) mass is 598 g/mol. The van der Waals surface area contributed by atoms with E-state index in [-0.39, 0.29) is 23.3 Å². The Morgan fingerprint density at radius 1 is 1.10 bits per heavy atom. The van der Waals surface area contributed by atoms with E-state index in [1.54, 1.807) is 18.3 Å². The smallest absolute Gasteiger partial charge is 0.150 e. The van der Waals surface area contributed by atoms with Crippen molar-refractivity contribution in [2.45, 2.75) is 51.6 Å². The van der Waals surface area contributed by atoms with Gasteiger partial charge in [0.15, 0.2) is 0 Å². The van der Waals surface area contributed by atoms with Crippen LogP contribution in [0.15, 0.2) is 76.4 Å². The first kappa shape index (κ1) is 29.5. The molecule has 1 aromatic heterocycles. The van der Waals surface area contributed by atoms with Gasteiger partial charge in [-0.25, -0.2) is 8.42 Å². The molecular weight excluding hydrogens is 565 g/mol. The highest BCUT2D eigenvalue weighted by Crippen LogP contribution is 2.38. The SMILES string of the molecule is CC#C[C@@H](C/C(N)=N/N=N)c1ccc(OCc2ccc3scc(-c4ccc(C5CCS(=O)(=O)CC5)cc4C)c3c2)cc1. The molecule has 0 radical (unpaired) electrons. The lowest BCUT2D eigenvalue weighted by Gasteiger charge is -2.23. The van der Waals surface area contributed by atoms with Gasteiger partial charge >= 0.3 is 0 Å². The average Bonchev–Trinajstić information content (AvgIpc) is 3.39. The van der Waals surface area contributed by atoms with Crippen molar-refractivity contribution in [2.24, 2.45) is 16.1 Å². The highest BCUT2D eigenvalue weighted by atomic mass is 32.2. The number of hydrogen-bond donors (Lipinski definition) is 2. The summed E-state index contributed by atoms with van der Waals surface area (Å²) >= 11 is 1.74. The molecule has 0 spiro atoms. The summed E-state index contributed by atoms with van der Waals surface area (Å²) in [4.78, 5) is 0. The quantitative estimate of drug-likeness (QED) is 0.0680. The van der Waals surface area contributed by atoms with Crippen molar-refractivity contribution in [3.8, 4) is 28.7 Å². The van der Waals surface area contributed by atoms with E-state index in [9.17, 15) is 8.42 Å². The van der Waals surface area contributed by atoms with Crippen LogP contribution in [0, 0.1) is 24.3 Å². The summed E-state index contributed by atoms with van der Waals surface area (Å²) in [6, 6.07) is 20.9. The van der Waals surface area contributed by atoms with Gasteiger partial charge in [0.05, 0.1) is 17.4 Å². The van der Waals surface area contributed by atoms with E-state index in [0.29, 0.717) is 31.8 Å². The van der Waals surface area contributed by atoms with Crippen molar-refractivity contribution in [1.29, 1.82) is 5.53 Å². The van der Waals surface area contributed by atoms with Crippen molar-refractivity contribution in [2.75, 3.05) is 11.5 Å². The topological polar surface area (TPSA) is 118 Å². The first-order valence-electron chi connectivity index (χ1n) is 13.9. The molecule has 0 amide bonds. The van der Waals surface area contributed by atoms with Gasteiger partial charge in [0.25, 0.3) is 0 Å². The maximum Gasteiger partial charge on any atom is 0.150 e. The van der Waals surface area contributed by atoms with Crippen molar-refractivity contribution in [1.82, 2.24) is 0 Å². The van der Waals surface area contributed by atoms with E-state index in [1.165, 1.54) is 32.3 Å². The zero-order valence-corrected chi connectivity index (χ0v) is 25.4. The Bertz CT molecular complexity index is 1780. The largest absolute Gasteiger partial charge is 0.489 e. The van der Waals surface area contributed by atoms with Gasteiger partial charge in [0, 0.05) is 22.1 Å². The molecule has 1 saturated heterocycles. The fraction of sp³-hybridized carbons (Fsp3) is 0.303. The number of sulfone groups is 1. The molecule has 3 N–H and O–H groups in total. The summed E-state index contributed by atoms with van der Waals surface area (Å²) in [6.45, 7) is 4.36. The molecule has 42 heavy (non-hydrogen) atoms. The normalized spacial score (nSPS) is 16.0. The number of aryl methyl sites for hydroxylation is 1. The van der Waals surface area contributed by atoms with Crippen LogP contribution in [0.3, 0.4) is 0 Å². The minimum absolute atomic E-state index is 0.134. The van der Waals surface area contributed by atoms with Crippen LogP contribution in [-0.4, -0.2) is 25.8 Å². The zero-order chi connectivity index (χ0) is 29.7. The van der Waals surface area contributed by atoms with Gasteiger partial charge in [-0.05, 0) is 90.1 Å². The van der Waals surface area contributed by atoms with Crippen LogP contribution < -0.4 is 10.5 Å². The Kier molecular flexibility index (Phi) is 9.05. The molecule has 1 fully saturated rings. The van der Waals surface area contributed by atoms with Crippen LogP contribution >= 0.6 is 11.3 Å². The molecule has 216 valence electrons. The molecule has 9 heteroatoms. The van der Waals surface area contributed by atoms with Gasteiger partial charge in [-0.3, -0.25) is 0 Å². The molecule has 3 aromatic carbocycles. The Morgan fingerprint density at radius 3 is 2.55 bits per heavy atom. The van der Waals surface area contributed by atoms with E-state index in [0.717, 1.165) is 16.9 Å². The predicted molar refractivity (Wildman–Crippen MR) is 171 cm³/mol. The molecular formula is C33H34N4O3S2. The van der Waals surface area contributed by atoms with Crippen LogP contribution in [0.4, 0.5) is 0 Å². The first-order chi connectivity index (χ1) is 20.3. The molecule has 2 heterocycles. The summed E-state index contributed by atoms with van der Waals surface area (Å²) in [7, 11) is -2.87. The van der Waals surface area contributed by atoms with Crippen molar-refractivity contribution in [3.63, 3.8) is 0 Å². The van der Waals surface area contributed by atoms with Gasteiger partial charge in [-0.15, -0.1) is 22.4 Å². The Hall–Kier alpha value is -4.00. The molecule has 0 unspecified atom stereocenters. The molecule has 1 atom stereocenters. The van der Waals surface area contributed by atoms with Crippen LogP contribution in [-0.2, 0) is 16.4 Å².